The van der Waals surface area contributed by atoms with Gasteiger partial charge in [-0.2, -0.15) is 0 Å². The molecule has 2 saturated heterocycles. The normalized spacial score (nSPS) is 32.6. The second kappa shape index (κ2) is 8.56. The molecule has 11 nitrogen and oxygen atoms in total. The first-order valence-corrected chi connectivity index (χ1v) is 11.7. The largest absolute Gasteiger partial charge is 0.478 e. The number of ether oxygens (including phenoxy) is 3. The first kappa shape index (κ1) is 23.2. The molecule has 0 amide bonds. The summed E-state index contributed by atoms with van der Waals surface area (Å²) in [7, 11) is 0. The summed E-state index contributed by atoms with van der Waals surface area (Å²) in [6.45, 7) is 8.85. The number of hydrogen-bond donors (Lipinski definition) is 2. The second-order valence-electron chi connectivity index (χ2n) is 10.1. The molecule has 1 saturated carbocycles. The first-order valence-electron chi connectivity index (χ1n) is 11.7. The fourth-order valence-electron chi connectivity index (χ4n) is 5.35. The van der Waals surface area contributed by atoms with Crippen molar-refractivity contribution in [1.29, 1.82) is 0 Å². The van der Waals surface area contributed by atoms with Crippen LogP contribution in [0.4, 0.5) is 5.82 Å². The number of aromatic nitrogens is 4. The van der Waals surface area contributed by atoms with Crippen molar-refractivity contribution in [1.82, 2.24) is 24.4 Å². The van der Waals surface area contributed by atoms with Gasteiger partial charge in [0.15, 0.2) is 23.5 Å². The van der Waals surface area contributed by atoms with Crippen molar-refractivity contribution in [3.05, 3.63) is 24.8 Å². The fraction of sp³-hybridized carbons (Fsp3) is 0.652. The van der Waals surface area contributed by atoms with Crippen LogP contribution in [-0.4, -0.2) is 78.2 Å². The zero-order chi connectivity index (χ0) is 24.2. The van der Waals surface area contributed by atoms with Crippen LogP contribution in [0.2, 0.25) is 0 Å². The van der Waals surface area contributed by atoms with Gasteiger partial charge in [0.25, 0.3) is 0 Å². The van der Waals surface area contributed by atoms with E-state index in [1.54, 1.807) is 12.4 Å². The van der Waals surface area contributed by atoms with E-state index >= 15 is 0 Å². The number of anilines is 1. The minimum Gasteiger partial charge on any atom is -0.478 e. The summed E-state index contributed by atoms with van der Waals surface area (Å²) in [5.41, 5.74) is 7.11. The Morgan fingerprint density at radius 3 is 2.74 bits per heavy atom. The van der Waals surface area contributed by atoms with E-state index in [0.29, 0.717) is 41.5 Å². The van der Waals surface area contributed by atoms with Gasteiger partial charge >= 0.3 is 5.97 Å². The SMILES string of the molecule is CC(C)N(C[C@H]1O[C@@H](n2cnc3c(N)ncnc32)[C@@H]2OC(C)(C)O[C@@H]21)C1CC(C=CC(=O)O)C1. The van der Waals surface area contributed by atoms with Gasteiger partial charge in [-0.25, -0.2) is 19.7 Å². The summed E-state index contributed by atoms with van der Waals surface area (Å²) < 4.78 is 21.0. The molecule has 1 aliphatic carbocycles. The molecule has 184 valence electrons. The molecule has 2 aliphatic heterocycles. The maximum atomic E-state index is 10.8. The molecule has 2 aromatic heterocycles. The summed E-state index contributed by atoms with van der Waals surface area (Å²) in [5, 5.41) is 8.89. The van der Waals surface area contributed by atoms with Gasteiger partial charge in [-0.3, -0.25) is 9.47 Å². The van der Waals surface area contributed by atoms with Crippen LogP contribution in [0.5, 0.6) is 0 Å². The van der Waals surface area contributed by atoms with Gasteiger partial charge in [0.2, 0.25) is 0 Å². The van der Waals surface area contributed by atoms with E-state index < -0.39 is 18.0 Å². The number of rotatable bonds is 7. The Hall–Kier alpha value is -2.60. The van der Waals surface area contributed by atoms with Gasteiger partial charge in [-0.15, -0.1) is 0 Å². The van der Waals surface area contributed by atoms with Crippen LogP contribution in [0.15, 0.2) is 24.8 Å². The van der Waals surface area contributed by atoms with Crippen molar-refractivity contribution in [2.75, 3.05) is 12.3 Å². The molecular formula is C23H32N6O5. The van der Waals surface area contributed by atoms with Crippen LogP contribution in [0, 0.1) is 5.92 Å². The Kier molecular flexibility index (Phi) is 5.83. The van der Waals surface area contributed by atoms with Crippen molar-refractivity contribution in [3.8, 4) is 0 Å². The average Bonchev–Trinajstić information content (AvgIpc) is 3.37. The summed E-state index contributed by atoms with van der Waals surface area (Å²) in [6, 6.07) is 0.661. The smallest absolute Gasteiger partial charge is 0.327 e. The number of fused-ring (bicyclic) bond motifs is 2. The lowest BCUT2D eigenvalue weighted by Crippen LogP contribution is -2.52. The van der Waals surface area contributed by atoms with E-state index in [-0.39, 0.29) is 18.3 Å². The molecule has 0 radical (unpaired) electrons. The summed E-state index contributed by atoms with van der Waals surface area (Å²) in [5.74, 6) is -1.02. The highest BCUT2D eigenvalue weighted by atomic mass is 16.8. The van der Waals surface area contributed by atoms with Gasteiger partial charge in [0.1, 0.15) is 30.2 Å². The molecule has 4 atom stereocenters. The van der Waals surface area contributed by atoms with E-state index in [2.05, 4.69) is 33.7 Å². The number of allylic oxidation sites excluding steroid dienone is 1. The van der Waals surface area contributed by atoms with Crippen LogP contribution in [0.25, 0.3) is 11.2 Å². The summed E-state index contributed by atoms with van der Waals surface area (Å²) >= 11 is 0. The van der Waals surface area contributed by atoms with Crippen molar-refractivity contribution in [2.45, 2.75) is 82.9 Å². The molecular weight excluding hydrogens is 440 g/mol. The van der Waals surface area contributed by atoms with Crippen molar-refractivity contribution in [2.24, 2.45) is 5.92 Å². The van der Waals surface area contributed by atoms with E-state index in [1.807, 2.05) is 18.4 Å². The molecule has 0 spiro atoms. The van der Waals surface area contributed by atoms with Crippen LogP contribution in [0.3, 0.4) is 0 Å². The van der Waals surface area contributed by atoms with Gasteiger partial charge in [0, 0.05) is 24.7 Å². The van der Waals surface area contributed by atoms with Gasteiger partial charge in [-0.05, 0) is 46.5 Å². The number of nitrogen functional groups attached to an aromatic ring is 1. The Bertz CT molecular complexity index is 1090. The molecule has 0 bridgehead atoms. The van der Waals surface area contributed by atoms with Crippen LogP contribution < -0.4 is 5.73 Å². The molecule has 3 fully saturated rings. The third-order valence-electron chi connectivity index (χ3n) is 6.97. The molecule has 0 unspecified atom stereocenters. The van der Waals surface area contributed by atoms with Crippen LogP contribution in [-0.2, 0) is 19.0 Å². The molecule has 0 aromatic carbocycles. The highest BCUT2D eigenvalue weighted by molar-refractivity contribution is 5.81. The molecule has 2 aromatic rings. The number of nitrogens with two attached hydrogens (primary N) is 1. The highest BCUT2D eigenvalue weighted by Gasteiger charge is 2.56. The molecule has 5 rings (SSSR count). The minimum absolute atomic E-state index is 0.218. The standard InChI is InChI=1S/C23H32N6O5/c1-12(2)28(14-7-13(8-14)5-6-16(30)31)9-15-18-19(34-23(3,4)33-18)22(32-15)29-11-27-17-20(24)25-10-26-21(17)29/h5-6,10-15,18-19,22H,7-9H2,1-4H3,(H,30,31)(H2,24,25,26)/t13?,14?,15-,18-,19-,22-/m1/s1. The predicted octanol–water partition coefficient (Wildman–Crippen LogP) is 1.96. The maximum Gasteiger partial charge on any atom is 0.327 e. The number of carboxylic acid groups (broad SMARTS) is 1. The molecule has 3 aliphatic rings. The quantitative estimate of drug-likeness (QED) is 0.575. The molecule has 34 heavy (non-hydrogen) atoms. The van der Waals surface area contributed by atoms with E-state index in [0.717, 1.165) is 12.8 Å². The number of carboxylic acids is 1. The Morgan fingerprint density at radius 1 is 1.29 bits per heavy atom. The minimum atomic E-state index is -0.902. The first-order chi connectivity index (χ1) is 16.1. The molecule has 11 heteroatoms. The maximum absolute atomic E-state index is 10.8. The van der Waals surface area contributed by atoms with Gasteiger partial charge in [-0.1, -0.05) is 6.08 Å². The van der Waals surface area contributed by atoms with E-state index in [4.69, 9.17) is 25.1 Å². The number of imidazole rings is 1. The number of nitrogens with zero attached hydrogens (tertiary/aromatic N) is 5. The van der Waals surface area contributed by atoms with Crippen LogP contribution in [0.1, 0.15) is 46.8 Å². The average molecular weight is 473 g/mol. The lowest BCUT2D eigenvalue weighted by molar-refractivity contribution is -0.199. The van der Waals surface area contributed by atoms with Crippen LogP contribution >= 0.6 is 0 Å². The number of hydrogen-bond acceptors (Lipinski definition) is 9. The number of aliphatic carboxylic acids is 1. The third-order valence-corrected chi connectivity index (χ3v) is 6.97. The van der Waals surface area contributed by atoms with Crippen molar-refractivity contribution >= 4 is 23.0 Å². The van der Waals surface area contributed by atoms with E-state index in [1.165, 1.54) is 12.4 Å². The topological polar surface area (TPSA) is 138 Å². The lowest BCUT2D eigenvalue weighted by Gasteiger charge is -2.45. The zero-order valence-electron chi connectivity index (χ0n) is 19.9. The van der Waals surface area contributed by atoms with Gasteiger partial charge < -0.3 is 25.1 Å². The Labute approximate surface area is 197 Å². The van der Waals surface area contributed by atoms with Gasteiger partial charge in [0.05, 0.1) is 6.33 Å². The fourth-order valence-corrected chi connectivity index (χ4v) is 5.35. The Balaban J connectivity index is 1.36. The number of carbonyl (C=O) groups is 1. The van der Waals surface area contributed by atoms with Crippen molar-refractivity contribution in [3.63, 3.8) is 0 Å². The second-order valence-corrected chi connectivity index (χ2v) is 10.1. The monoisotopic (exact) mass is 472 g/mol. The summed E-state index contributed by atoms with van der Waals surface area (Å²) in [4.78, 5) is 26.0. The van der Waals surface area contributed by atoms with Crippen molar-refractivity contribution < 1.29 is 24.1 Å². The third kappa shape index (κ3) is 4.17. The Morgan fingerprint density at radius 2 is 2.03 bits per heavy atom. The zero-order valence-corrected chi connectivity index (χ0v) is 19.9. The molecule has 3 N–H and O–H groups in total. The summed E-state index contributed by atoms with van der Waals surface area (Å²) in [6.07, 6.45) is 6.73. The highest BCUT2D eigenvalue weighted by Crippen LogP contribution is 2.45. The van der Waals surface area contributed by atoms with E-state index in [9.17, 15) is 4.79 Å². The predicted molar refractivity (Wildman–Crippen MR) is 123 cm³/mol. The molecule has 4 heterocycles. The lowest BCUT2D eigenvalue weighted by atomic mass is 9.78.